The van der Waals surface area contributed by atoms with Gasteiger partial charge in [0.15, 0.2) is 0 Å². The Morgan fingerprint density at radius 2 is 1.94 bits per heavy atom. The number of rotatable bonds is 1. The van der Waals surface area contributed by atoms with Gasteiger partial charge in [-0.05, 0) is 5.57 Å². The second kappa shape index (κ2) is 3.20. The lowest BCUT2D eigenvalue weighted by molar-refractivity contribution is -0.123. The first-order valence-electron chi connectivity index (χ1n) is 5.14. The summed E-state index contributed by atoms with van der Waals surface area (Å²) in [7, 11) is 0. The van der Waals surface area contributed by atoms with Crippen LogP contribution in [0.25, 0.3) is 0 Å². The molecule has 2 amide bonds. The molecule has 0 bridgehead atoms. The average molecular weight is 214 g/mol. The van der Waals surface area contributed by atoms with Crippen LogP contribution in [0, 0.1) is 5.92 Å². The molecule has 0 fully saturated rings. The smallest absolute Gasteiger partial charge is 0.258 e. The standard InChI is InChI=1S/C12H10N2O2/c15-11-5-8(12(16)14-11)9-6-13-10-4-2-1-3-7(9)10/h1-7,10,13H,(H,14,15,16). The molecule has 2 unspecified atom stereocenters. The van der Waals surface area contributed by atoms with Gasteiger partial charge in [-0.25, -0.2) is 0 Å². The molecule has 4 heteroatoms. The minimum Gasteiger partial charge on any atom is -0.383 e. The number of fused-ring (bicyclic) bond motifs is 1. The Labute approximate surface area is 92.4 Å². The van der Waals surface area contributed by atoms with Gasteiger partial charge in [-0.15, -0.1) is 0 Å². The third kappa shape index (κ3) is 1.23. The van der Waals surface area contributed by atoms with Crippen molar-refractivity contribution in [1.29, 1.82) is 0 Å². The SMILES string of the molecule is O=C1C=C(C2=CNC3C=CC=CC23)C(=O)N1. The Morgan fingerprint density at radius 1 is 1.12 bits per heavy atom. The van der Waals surface area contributed by atoms with Crippen molar-refractivity contribution >= 4 is 11.8 Å². The summed E-state index contributed by atoms with van der Waals surface area (Å²) < 4.78 is 0. The van der Waals surface area contributed by atoms with Crippen LogP contribution in [0.3, 0.4) is 0 Å². The third-order valence-corrected chi connectivity index (χ3v) is 2.99. The van der Waals surface area contributed by atoms with Crippen molar-refractivity contribution in [3.8, 4) is 0 Å². The normalized spacial score (nSPS) is 30.8. The molecule has 2 N–H and O–H groups in total. The summed E-state index contributed by atoms with van der Waals surface area (Å²) in [5.41, 5.74) is 1.36. The van der Waals surface area contributed by atoms with Crippen LogP contribution in [0.2, 0.25) is 0 Å². The second-order valence-corrected chi connectivity index (χ2v) is 3.96. The van der Waals surface area contributed by atoms with E-state index in [4.69, 9.17) is 0 Å². The molecule has 80 valence electrons. The summed E-state index contributed by atoms with van der Waals surface area (Å²) in [6.45, 7) is 0. The van der Waals surface area contributed by atoms with Crippen LogP contribution < -0.4 is 10.6 Å². The first kappa shape index (κ1) is 9.15. The maximum absolute atomic E-state index is 11.5. The van der Waals surface area contributed by atoms with Crippen LogP contribution in [-0.4, -0.2) is 17.9 Å². The van der Waals surface area contributed by atoms with E-state index < -0.39 is 0 Å². The van der Waals surface area contributed by atoms with E-state index in [9.17, 15) is 9.59 Å². The van der Waals surface area contributed by atoms with Gasteiger partial charge < -0.3 is 5.32 Å². The summed E-state index contributed by atoms with van der Waals surface area (Å²) >= 11 is 0. The van der Waals surface area contributed by atoms with E-state index in [-0.39, 0.29) is 23.8 Å². The van der Waals surface area contributed by atoms with Gasteiger partial charge in [0, 0.05) is 18.2 Å². The van der Waals surface area contributed by atoms with Gasteiger partial charge >= 0.3 is 0 Å². The molecule has 0 spiro atoms. The Hall–Kier alpha value is -2.10. The highest BCUT2D eigenvalue weighted by Gasteiger charge is 2.34. The van der Waals surface area contributed by atoms with Crippen molar-refractivity contribution < 1.29 is 9.59 Å². The fraction of sp³-hybridized carbons (Fsp3) is 0.167. The Kier molecular flexibility index (Phi) is 1.83. The molecule has 3 rings (SSSR count). The fourth-order valence-corrected chi connectivity index (χ4v) is 2.23. The van der Waals surface area contributed by atoms with Crippen LogP contribution in [0.5, 0.6) is 0 Å². The number of imide groups is 1. The van der Waals surface area contributed by atoms with E-state index in [1.807, 2.05) is 30.5 Å². The molecule has 0 aromatic heterocycles. The number of carbonyl (C=O) groups excluding carboxylic acids is 2. The molecular formula is C12H10N2O2. The number of allylic oxidation sites excluding steroid dienone is 2. The Morgan fingerprint density at radius 3 is 2.69 bits per heavy atom. The molecule has 0 radical (unpaired) electrons. The summed E-state index contributed by atoms with van der Waals surface area (Å²) in [6, 6.07) is 0.199. The predicted octanol–water partition coefficient (Wildman–Crippen LogP) is 0.167. The summed E-state index contributed by atoms with van der Waals surface area (Å²) in [4.78, 5) is 22.6. The van der Waals surface area contributed by atoms with Crippen molar-refractivity contribution in [2.75, 3.05) is 0 Å². The van der Waals surface area contributed by atoms with Gasteiger partial charge in [-0.1, -0.05) is 24.3 Å². The first-order valence-corrected chi connectivity index (χ1v) is 5.14. The van der Waals surface area contributed by atoms with Gasteiger partial charge in [0.1, 0.15) is 0 Å². The van der Waals surface area contributed by atoms with Crippen LogP contribution in [-0.2, 0) is 9.59 Å². The van der Waals surface area contributed by atoms with Crippen molar-refractivity contribution in [2.24, 2.45) is 5.92 Å². The van der Waals surface area contributed by atoms with E-state index >= 15 is 0 Å². The van der Waals surface area contributed by atoms with E-state index in [1.165, 1.54) is 6.08 Å². The lowest BCUT2D eigenvalue weighted by Crippen LogP contribution is -2.27. The van der Waals surface area contributed by atoms with Crippen molar-refractivity contribution in [2.45, 2.75) is 6.04 Å². The first-order chi connectivity index (χ1) is 7.75. The van der Waals surface area contributed by atoms with Crippen molar-refractivity contribution in [1.82, 2.24) is 10.6 Å². The minimum absolute atomic E-state index is 0.146. The summed E-state index contributed by atoms with van der Waals surface area (Å²) in [5.74, 6) is -0.491. The van der Waals surface area contributed by atoms with Crippen molar-refractivity contribution in [3.63, 3.8) is 0 Å². The molecule has 2 heterocycles. The van der Waals surface area contributed by atoms with Crippen LogP contribution in [0.4, 0.5) is 0 Å². The highest BCUT2D eigenvalue weighted by Crippen LogP contribution is 2.32. The lowest BCUT2D eigenvalue weighted by atomic mass is 9.87. The topological polar surface area (TPSA) is 58.2 Å². The zero-order chi connectivity index (χ0) is 11.1. The highest BCUT2D eigenvalue weighted by atomic mass is 16.2. The fourth-order valence-electron chi connectivity index (χ4n) is 2.23. The zero-order valence-corrected chi connectivity index (χ0v) is 8.44. The lowest BCUT2D eigenvalue weighted by Gasteiger charge is -2.18. The van der Waals surface area contributed by atoms with Crippen LogP contribution in [0.1, 0.15) is 0 Å². The highest BCUT2D eigenvalue weighted by molar-refractivity contribution is 6.18. The van der Waals surface area contributed by atoms with Gasteiger partial charge in [-0.3, -0.25) is 14.9 Å². The number of nitrogens with one attached hydrogen (secondary N) is 2. The van der Waals surface area contributed by atoms with E-state index in [2.05, 4.69) is 10.6 Å². The monoisotopic (exact) mass is 214 g/mol. The van der Waals surface area contributed by atoms with Gasteiger partial charge in [0.25, 0.3) is 11.8 Å². The minimum atomic E-state index is -0.334. The Balaban J connectivity index is 1.95. The largest absolute Gasteiger partial charge is 0.383 e. The molecule has 1 aliphatic carbocycles. The van der Waals surface area contributed by atoms with E-state index in [1.54, 1.807) is 0 Å². The molecule has 2 aliphatic heterocycles. The second-order valence-electron chi connectivity index (χ2n) is 3.96. The number of carbonyl (C=O) groups is 2. The molecule has 2 atom stereocenters. The quantitative estimate of drug-likeness (QED) is 0.612. The van der Waals surface area contributed by atoms with Gasteiger partial charge in [0.05, 0.1) is 11.6 Å². The maximum Gasteiger partial charge on any atom is 0.258 e. The number of hydrogen-bond acceptors (Lipinski definition) is 3. The zero-order valence-electron chi connectivity index (χ0n) is 8.44. The summed E-state index contributed by atoms with van der Waals surface area (Å²) in [5, 5.41) is 5.45. The summed E-state index contributed by atoms with van der Waals surface area (Å²) in [6.07, 6.45) is 11.2. The van der Waals surface area contributed by atoms with Gasteiger partial charge in [-0.2, -0.15) is 0 Å². The molecule has 3 aliphatic rings. The van der Waals surface area contributed by atoms with E-state index in [0.717, 1.165) is 5.57 Å². The molecule has 0 saturated heterocycles. The molecule has 0 aromatic rings. The van der Waals surface area contributed by atoms with Crippen molar-refractivity contribution in [3.05, 3.63) is 47.7 Å². The average Bonchev–Trinajstić information content (AvgIpc) is 2.81. The molecule has 0 saturated carbocycles. The molecule has 4 nitrogen and oxygen atoms in total. The molecule has 16 heavy (non-hydrogen) atoms. The molecule has 0 aromatic carbocycles. The number of hydrogen-bond donors (Lipinski definition) is 2. The van der Waals surface area contributed by atoms with Crippen LogP contribution >= 0.6 is 0 Å². The third-order valence-electron chi connectivity index (χ3n) is 2.99. The maximum atomic E-state index is 11.5. The Bertz CT molecular complexity index is 497. The predicted molar refractivity (Wildman–Crippen MR) is 58.0 cm³/mol. The molecular weight excluding hydrogens is 204 g/mol. The van der Waals surface area contributed by atoms with E-state index in [0.29, 0.717) is 5.57 Å². The van der Waals surface area contributed by atoms with Crippen LogP contribution in [0.15, 0.2) is 47.7 Å². The van der Waals surface area contributed by atoms with Gasteiger partial charge in [0.2, 0.25) is 0 Å². The number of amides is 2.